The molecule has 0 unspecified atom stereocenters. The lowest BCUT2D eigenvalue weighted by Gasteiger charge is -2.30. The summed E-state index contributed by atoms with van der Waals surface area (Å²) < 4.78 is 24.7. The van der Waals surface area contributed by atoms with Crippen LogP contribution in [-0.4, -0.2) is 19.0 Å². The zero-order valence-corrected chi connectivity index (χ0v) is 16.2. The molecule has 1 aliphatic heterocycles. The number of carbonyl (C=O) groups excluding carboxylic acids is 2. The van der Waals surface area contributed by atoms with E-state index in [1.807, 2.05) is 0 Å². The highest BCUT2D eigenvalue weighted by Crippen LogP contribution is 2.36. The Morgan fingerprint density at radius 1 is 1.03 bits per heavy atom. The molecule has 5 nitrogen and oxygen atoms in total. The van der Waals surface area contributed by atoms with Gasteiger partial charge in [0.1, 0.15) is 5.82 Å². The third-order valence-corrected chi connectivity index (χ3v) is 4.75. The Morgan fingerprint density at radius 2 is 1.73 bits per heavy atom. The minimum atomic E-state index is -0.441. The molecule has 0 saturated carbocycles. The molecule has 3 aromatic rings. The van der Waals surface area contributed by atoms with E-state index < -0.39 is 5.97 Å². The number of hydrogen-bond acceptors (Lipinski definition) is 4. The summed E-state index contributed by atoms with van der Waals surface area (Å²) in [4.78, 5) is 26.3. The average Bonchev–Trinajstić information content (AvgIpc) is 2.78. The average molecular weight is 403 g/mol. The van der Waals surface area contributed by atoms with Crippen LogP contribution in [0.15, 0.2) is 78.6 Å². The van der Waals surface area contributed by atoms with E-state index in [4.69, 9.17) is 9.47 Å². The van der Waals surface area contributed by atoms with Crippen molar-refractivity contribution in [2.75, 3.05) is 12.0 Å². The zero-order valence-electron chi connectivity index (χ0n) is 16.2. The first kappa shape index (κ1) is 19.4. The smallest absolute Gasteiger partial charge is 0.337 e. The molecule has 0 atom stereocenters. The molecule has 0 fully saturated rings. The summed E-state index contributed by atoms with van der Waals surface area (Å²) in [7, 11) is 1.31. The summed E-state index contributed by atoms with van der Waals surface area (Å²) in [5.41, 5.74) is 2.06. The number of amides is 1. The Kier molecular flexibility index (Phi) is 5.30. The van der Waals surface area contributed by atoms with E-state index in [9.17, 15) is 14.0 Å². The number of esters is 1. The van der Waals surface area contributed by atoms with Gasteiger partial charge in [-0.05, 0) is 42.0 Å². The molecule has 0 saturated heterocycles. The molecule has 3 aromatic carbocycles. The molecule has 0 spiro atoms. The number of methoxy groups -OCH3 is 1. The molecule has 0 radical (unpaired) electrons. The number of fused-ring (bicyclic) bond motifs is 1. The molecule has 0 bridgehead atoms. The van der Waals surface area contributed by atoms with Crippen LogP contribution < -0.4 is 9.64 Å². The second-order valence-electron chi connectivity index (χ2n) is 6.67. The lowest BCUT2D eigenvalue weighted by Crippen LogP contribution is -2.37. The van der Waals surface area contributed by atoms with Crippen molar-refractivity contribution in [1.29, 1.82) is 0 Å². The quantitative estimate of drug-likeness (QED) is 0.473. The molecule has 0 aliphatic carbocycles. The maximum Gasteiger partial charge on any atom is 0.337 e. The lowest BCUT2D eigenvalue weighted by atomic mass is 10.1. The molecule has 0 aromatic heterocycles. The molecule has 1 amide bonds. The summed E-state index contributed by atoms with van der Waals surface area (Å²) >= 11 is 0. The third kappa shape index (κ3) is 3.80. The van der Waals surface area contributed by atoms with Crippen LogP contribution in [0.2, 0.25) is 0 Å². The zero-order chi connectivity index (χ0) is 21.1. The van der Waals surface area contributed by atoms with Crippen molar-refractivity contribution in [3.63, 3.8) is 0 Å². The summed E-state index contributed by atoms with van der Waals surface area (Å²) in [6.07, 6.45) is 1.59. The Labute approximate surface area is 173 Å². The van der Waals surface area contributed by atoms with Gasteiger partial charge in [0.2, 0.25) is 0 Å². The number of rotatable bonds is 4. The highest BCUT2D eigenvalue weighted by atomic mass is 19.1. The van der Waals surface area contributed by atoms with Crippen LogP contribution in [0.4, 0.5) is 10.1 Å². The number of hydrogen-bond donors (Lipinski definition) is 0. The van der Waals surface area contributed by atoms with Gasteiger partial charge in [-0.2, -0.15) is 0 Å². The van der Waals surface area contributed by atoms with Crippen LogP contribution in [0.5, 0.6) is 5.75 Å². The molecule has 1 aliphatic rings. The number of nitrogens with zero attached hydrogens (tertiary/aromatic N) is 1. The topological polar surface area (TPSA) is 55.8 Å². The van der Waals surface area contributed by atoms with E-state index in [1.54, 1.807) is 72.8 Å². The SMILES string of the molecule is COC(=O)c1ccc(/C=C2/Oc3ccccc3N(Cc3ccccc3F)C2=O)cc1. The van der Waals surface area contributed by atoms with E-state index >= 15 is 0 Å². The molecule has 150 valence electrons. The van der Waals surface area contributed by atoms with E-state index in [1.165, 1.54) is 18.1 Å². The Balaban J connectivity index is 1.69. The van der Waals surface area contributed by atoms with Crippen LogP contribution in [0.3, 0.4) is 0 Å². The van der Waals surface area contributed by atoms with Crippen molar-refractivity contribution in [2.45, 2.75) is 6.54 Å². The first-order chi connectivity index (χ1) is 14.6. The predicted molar refractivity (Wildman–Crippen MR) is 110 cm³/mol. The number of para-hydroxylation sites is 2. The van der Waals surface area contributed by atoms with Gasteiger partial charge in [0.15, 0.2) is 11.5 Å². The number of ether oxygens (including phenoxy) is 2. The third-order valence-electron chi connectivity index (χ3n) is 4.75. The van der Waals surface area contributed by atoms with Gasteiger partial charge in [-0.25, -0.2) is 9.18 Å². The van der Waals surface area contributed by atoms with Crippen molar-refractivity contribution in [3.05, 3.63) is 101 Å². The van der Waals surface area contributed by atoms with Gasteiger partial charge in [-0.3, -0.25) is 9.69 Å². The monoisotopic (exact) mass is 403 g/mol. The second-order valence-corrected chi connectivity index (χ2v) is 6.67. The fraction of sp³-hybridized carbons (Fsp3) is 0.0833. The van der Waals surface area contributed by atoms with Gasteiger partial charge in [0.25, 0.3) is 5.91 Å². The molecule has 6 heteroatoms. The van der Waals surface area contributed by atoms with E-state index in [-0.39, 0.29) is 24.0 Å². The van der Waals surface area contributed by atoms with Crippen molar-refractivity contribution in [1.82, 2.24) is 0 Å². The van der Waals surface area contributed by atoms with E-state index in [2.05, 4.69) is 0 Å². The molecule has 4 rings (SSSR count). The first-order valence-corrected chi connectivity index (χ1v) is 9.29. The van der Waals surface area contributed by atoms with Crippen LogP contribution in [0.25, 0.3) is 6.08 Å². The van der Waals surface area contributed by atoms with Gasteiger partial charge in [-0.1, -0.05) is 42.5 Å². The number of halogens is 1. The van der Waals surface area contributed by atoms with Crippen molar-refractivity contribution in [2.24, 2.45) is 0 Å². The van der Waals surface area contributed by atoms with E-state index in [0.717, 1.165) is 0 Å². The predicted octanol–water partition coefficient (Wildman–Crippen LogP) is 4.58. The minimum absolute atomic E-state index is 0.0739. The Hall–Kier alpha value is -3.93. The van der Waals surface area contributed by atoms with Crippen LogP contribution in [0, 0.1) is 5.82 Å². The van der Waals surface area contributed by atoms with E-state index in [0.29, 0.717) is 28.1 Å². The van der Waals surface area contributed by atoms with Crippen LogP contribution in [0.1, 0.15) is 21.5 Å². The van der Waals surface area contributed by atoms with Crippen molar-refractivity contribution < 1.29 is 23.5 Å². The summed E-state index contributed by atoms with van der Waals surface area (Å²) in [5.74, 6) is -0.585. The van der Waals surface area contributed by atoms with Gasteiger partial charge in [0, 0.05) is 5.56 Å². The van der Waals surface area contributed by atoms with Gasteiger partial charge in [-0.15, -0.1) is 0 Å². The lowest BCUT2D eigenvalue weighted by molar-refractivity contribution is -0.117. The highest BCUT2D eigenvalue weighted by molar-refractivity contribution is 6.09. The molecular weight excluding hydrogens is 385 g/mol. The fourth-order valence-electron chi connectivity index (χ4n) is 3.20. The standard InChI is InChI=1S/C24H18FNO4/c1-29-24(28)17-12-10-16(11-13-17)14-22-23(27)26(15-18-6-2-3-7-19(18)25)20-8-4-5-9-21(20)30-22/h2-14H,15H2,1H3/b22-14+. The molecular formula is C24H18FNO4. The molecule has 0 N–H and O–H groups in total. The number of carbonyl (C=O) groups is 2. The second kappa shape index (κ2) is 8.21. The summed E-state index contributed by atoms with van der Waals surface area (Å²) in [6, 6.07) is 20.1. The largest absolute Gasteiger partial charge is 0.465 e. The fourth-order valence-corrected chi connectivity index (χ4v) is 3.20. The van der Waals surface area contributed by atoms with Gasteiger partial charge < -0.3 is 9.47 Å². The Bertz CT molecular complexity index is 1140. The maximum atomic E-state index is 14.2. The van der Waals surface area contributed by atoms with Gasteiger partial charge >= 0.3 is 5.97 Å². The minimum Gasteiger partial charge on any atom is -0.465 e. The first-order valence-electron chi connectivity index (χ1n) is 9.29. The number of benzene rings is 3. The molecule has 1 heterocycles. The van der Waals surface area contributed by atoms with Crippen molar-refractivity contribution >= 4 is 23.6 Å². The summed E-state index contributed by atoms with van der Waals surface area (Å²) in [5, 5.41) is 0. The maximum absolute atomic E-state index is 14.2. The van der Waals surface area contributed by atoms with Crippen LogP contribution >= 0.6 is 0 Å². The van der Waals surface area contributed by atoms with Gasteiger partial charge in [0.05, 0.1) is 24.9 Å². The van der Waals surface area contributed by atoms with Crippen molar-refractivity contribution in [3.8, 4) is 5.75 Å². The van der Waals surface area contributed by atoms with Crippen LogP contribution in [-0.2, 0) is 16.1 Å². The number of anilines is 1. The highest BCUT2D eigenvalue weighted by Gasteiger charge is 2.30. The molecule has 30 heavy (non-hydrogen) atoms. The Morgan fingerprint density at radius 3 is 2.47 bits per heavy atom. The normalized spacial score (nSPS) is 14.3. The summed E-state index contributed by atoms with van der Waals surface area (Å²) in [6.45, 7) is 0.0739.